The van der Waals surface area contributed by atoms with Crippen LogP contribution >= 0.6 is 11.6 Å². The first-order valence-corrected chi connectivity index (χ1v) is 9.35. The number of amides is 2. The van der Waals surface area contributed by atoms with Gasteiger partial charge in [0.15, 0.2) is 6.61 Å². The van der Waals surface area contributed by atoms with Crippen LogP contribution in [0.2, 0.25) is 5.02 Å². The van der Waals surface area contributed by atoms with E-state index in [4.69, 9.17) is 26.8 Å². The highest BCUT2D eigenvalue weighted by atomic mass is 35.5. The molecule has 0 saturated carbocycles. The van der Waals surface area contributed by atoms with E-state index in [2.05, 4.69) is 18.3 Å². The van der Waals surface area contributed by atoms with Crippen molar-refractivity contribution in [3.05, 3.63) is 57.6 Å². The second kappa shape index (κ2) is 9.99. The zero-order chi connectivity index (χ0) is 20.7. The predicted octanol–water partition coefficient (Wildman–Crippen LogP) is 3.33. The summed E-state index contributed by atoms with van der Waals surface area (Å²) in [5.74, 6) is 0.124. The van der Waals surface area contributed by atoms with Gasteiger partial charge in [-0.15, -0.1) is 0 Å². The SMILES string of the molecule is Cc1cc(C)c(C)c(OCCCNC(=O)COc2ccc(Cl)cc2C(N)=O)c1. The molecule has 0 aromatic heterocycles. The highest BCUT2D eigenvalue weighted by molar-refractivity contribution is 6.31. The Balaban J connectivity index is 1.73. The molecule has 28 heavy (non-hydrogen) atoms. The van der Waals surface area contributed by atoms with E-state index < -0.39 is 5.91 Å². The molecule has 150 valence electrons. The van der Waals surface area contributed by atoms with Gasteiger partial charge in [0.2, 0.25) is 0 Å². The van der Waals surface area contributed by atoms with E-state index in [1.165, 1.54) is 17.7 Å². The average Bonchev–Trinajstić information content (AvgIpc) is 2.64. The van der Waals surface area contributed by atoms with Crippen LogP contribution in [0.15, 0.2) is 30.3 Å². The van der Waals surface area contributed by atoms with Gasteiger partial charge in [0.25, 0.3) is 11.8 Å². The smallest absolute Gasteiger partial charge is 0.257 e. The van der Waals surface area contributed by atoms with Crippen molar-refractivity contribution in [2.24, 2.45) is 5.73 Å². The van der Waals surface area contributed by atoms with E-state index in [-0.39, 0.29) is 23.8 Å². The fourth-order valence-corrected chi connectivity index (χ4v) is 2.82. The third-order valence-corrected chi connectivity index (χ3v) is 4.47. The van der Waals surface area contributed by atoms with Crippen LogP contribution in [0.5, 0.6) is 11.5 Å². The Hall–Kier alpha value is -2.73. The second-order valence-electron chi connectivity index (χ2n) is 6.55. The molecule has 0 aliphatic rings. The summed E-state index contributed by atoms with van der Waals surface area (Å²) in [7, 11) is 0. The standard InChI is InChI=1S/C21H25ClN2O4/c1-13-9-14(2)15(3)19(10-13)27-8-4-7-24-20(25)12-28-18-6-5-16(22)11-17(18)21(23)26/h5-6,9-11H,4,7-8,12H2,1-3H3,(H2,23,26)(H,24,25). The molecule has 0 aliphatic carbocycles. The van der Waals surface area contributed by atoms with E-state index >= 15 is 0 Å². The molecule has 6 nitrogen and oxygen atoms in total. The molecule has 0 unspecified atom stereocenters. The van der Waals surface area contributed by atoms with Gasteiger partial charge in [-0.05, 0) is 68.1 Å². The fraction of sp³-hybridized carbons (Fsp3) is 0.333. The zero-order valence-corrected chi connectivity index (χ0v) is 17.1. The topological polar surface area (TPSA) is 90.7 Å². The number of rotatable bonds is 9. The number of primary amides is 1. The molecule has 2 aromatic rings. The van der Waals surface area contributed by atoms with Crippen molar-refractivity contribution in [2.45, 2.75) is 27.2 Å². The Morgan fingerprint density at radius 3 is 2.54 bits per heavy atom. The Morgan fingerprint density at radius 1 is 1.07 bits per heavy atom. The Bertz CT molecular complexity index is 868. The van der Waals surface area contributed by atoms with Crippen molar-refractivity contribution in [1.82, 2.24) is 5.32 Å². The van der Waals surface area contributed by atoms with E-state index in [1.54, 1.807) is 6.07 Å². The van der Waals surface area contributed by atoms with Crippen molar-refractivity contribution in [3.8, 4) is 11.5 Å². The minimum absolute atomic E-state index is 0.137. The van der Waals surface area contributed by atoms with Crippen molar-refractivity contribution in [3.63, 3.8) is 0 Å². The number of aryl methyl sites for hydroxylation is 2. The lowest BCUT2D eigenvalue weighted by Crippen LogP contribution is -2.30. The maximum Gasteiger partial charge on any atom is 0.257 e. The molecule has 7 heteroatoms. The average molecular weight is 405 g/mol. The number of benzene rings is 2. The first-order valence-electron chi connectivity index (χ1n) is 8.97. The monoisotopic (exact) mass is 404 g/mol. The van der Waals surface area contributed by atoms with Crippen LogP contribution in [0.3, 0.4) is 0 Å². The molecule has 0 spiro atoms. The first kappa shape index (κ1) is 21.6. The van der Waals surface area contributed by atoms with Gasteiger partial charge < -0.3 is 20.5 Å². The van der Waals surface area contributed by atoms with E-state index in [0.29, 0.717) is 24.6 Å². The summed E-state index contributed by atoms with van der Waals surface area (Å²) in [5.41, 5.74) is 8.89. The molecule has 0 bridgehead atoms. The van der Waals surface area contributed by atoms with Crippen LogP contribution in [-0.4, -0.2) is 31.6 Å². The number of hydrogen-bond acceptors (Lipinski definition) is 4. The number of hydrogen-bond donors (Lipinski definition) is 2. The van der Waals surface area contributed by atoms with Crippen LogP contribution in [-0.2, 0) is 4.79 Å². The molecular formula is C21H25ClN2O4. The maximum atomic E-state index is 11.9. The summed E-state index contributed by atoms with van der Waals surface area (Å²) < 4.78 is 11.2. The molecule has 0 atom stereocenters. The van der Waals surface area contributed by atoms with E-state index in [9.17, 15) is 9.59 Å². The number of carbonyl (C=O) groups excluding carboxylic acids is 2. The predicted molar refractivity (Wildman–Crippen MR) is 109 cm³/mol. The summed E-state index contributed by atoms with van der Waals surface area (Å²) in [6, 6.07) is 8.61. The third kappa shape index (κ3) is 6.16. The fourth-order valence-electron chi connectivity index (χ4n) is 2.65. The number of carbonyl (C=O) groups is 2. The number of ether oxygens (including phenoxy) is 2. The minimum atomic E-state index is -0.670. The Morgan fingerprint density at radius 2 is 1.82 bits per heavy atom. The van der Waals surface area contributed by atoms with Crippen molar-refractivity contribution >= 4 is 23.4 Å². The van der Waals surface area contributed by atoms with Crippen molar-refractivity contribution in [2.75, 3.05) is 19.8 Å². The largest absolute Gasteiger partial charge is 0.493 e. The van der Waals surface area contributed by atoms with Crippen LogP contribution in [0.1, 0.15) is 33.5 Å². The first-order chi connectivity index (χ1) is 13.3. The summed E-state index contributed by atoms with van der Waals surface area (Å²) >= 11 is 5.84. The Labute approximate surface area is 170 Å². The van der Waals surface area contributed by atoms with Gasteiger partial charge in [-0.1, -0.05) is 17.7 Å². The van der Waals surface area contributed by atoms with Gasteiger partial charge in [-0.25, -0.2) is 0 Å². The molecule has 0 heterocycles. The second-order valence-corrected chi connectivity index (χ2v) is 6.99. The summed E-state index contributed by atoms with van der Waals surface area (Å²) in [5, 5.41) is 3.12. The molecule has 2 aromatic carbocycles. The highest BCUT2D eigenvalue weighted by Gasteiger charge is 2.12. The molecule has 0 radical (unpaired) electrons. The molecular weight excluding hydrogens is 380 g/mol. The number of nitrogens with one attached hydrogen (secondary N) is 1. The molecule has 0 fully saturated rings. The number of nitrogens with two attached hydrogens (primary N) is 1. The molecule has 0 aliphatic heterocycles. The molecule has 2 rings (SSSR count). The minimum Gasteiger partial charge on any atom is -0.493 e. The van der Waals surface area contributed by atoms with Crippen molar-refractivity contribution in [1.29, 1.82) is 0 Å². The van der Waals surface area contributed by atoms with Crippen LogP contribution < -0.4 is 20.5 Å². The van der Waals surface area contributed by atoms with Gasteiger partial charge in [-0.2, -0.15) is 0 Å². The van der Waals surface area contributed by atoms with Gasteiger partial charge in [-0.3, -0.25) is 9.59 Å². The number of halogens is 1. The van der Waals surface area contributed by atoms with Crippen molar-refractivity contribution < 1.29 is 19.1 Å². The zero-order valence-electron chi connectivity index (χ0n) is 16.3. The third-order valence-electron chi connectivity index (χ3n) is 4.23. The molecule has 2 amide bonds. The Kier molecular flexibility index (Phi) is 7.70. The van der Waals surface area contributed by atoms with Gasteiger partial charge in [0.05, 0.1) is 12.2 Å². The van der Waals surface area contributed by atoms with E-state index in [1.807, 2.05) is 19.9 Å². The summed E-state index contributed by atoms with van der Waals surface area (Å²) in [4.78, 5) is 23.3. The van der Waals surface area contributed by atoms with Gasteiger partial charge >= 0.3 is 0 Å². The van der Waals surface area contributed by atoms with Gasteiger partial charge in [0.1, 0.15) is 11.5 Å². The van der Waals surface area contributed by atoms with Gasteiger partial charge in [0, 0.05) is 11.6 Å². The van der Waals surface area contributed by atoms with Crippen LogP contribution in [0.25, 0.3) is 0 Å². The summed E-state index contributed by atoms with van der Waals surface area (Å²) in [6.07, 6.45) is 0.658. The maximum absolute atomic E-state index is 11.9. The normalized spacial score (nSPS) is 10.4. The molecule has 3 N–H and O–H groups in total. The molecule has 0 saturated heterocycles. The summed E-state index contributed by atoms with van der Waals surface area (Å²) in [6.45, 7) is 6.84. The van der Waals surface area contributed by atoms with E-state index in [0.717, 1.165) is 16.9 Å². The lowest BCUT2D eigenvalue weighted by atomic mass is 10.1. The highest BCUT2D eigenvalue weighted by Crippen LogP contribution is 2.23. The van der Waals surface area contributed by atoms with Crippen LogP contribution in [0.4, 0.5) is 0 Å². The van der Waals surface area contributed by atoms with Crippen LogP contribution in [0, 0.1) is 20.8 Å². The lowest BCUT2D eigenvalue weighted by Gasteiger charge is -2.13. The lowest BCUT2D eigenvalue weighted by molar-refractivity contribution is -0.123. The quantitative estimate of drug-likeness (QED) is 0.627.